The Morgan fingerprint density at radius 3 is 1.83 bits per heavy atom. The predicted molar refractivity (Wildman–Crippen MR) is 112 cm³/mol. The topological polar surface area (TPSA) is 32.3 Å². The first kappa shape index (κ1) is 26.2. The van der Waals surface area contributed by atoms with Gasteiger partial charge in [0.25, 0.3) is 0 Å². The highest BCUT2D eigenvalue weighted by atomic mass is 19.4. The number of amides is 2. The molecule has 0 unspecified atom stereocenters. The van der Waals surface area contributed by atoms with Crippen molar-refractivity contribution in [2.75, 3.05) is 11.9 Å². The summed E-state index contributed by atoms with van der Waals surface area (Å²) in [5.74, 6) is 0. The van der Waals surface area contributed by atoms with Crippen molar-refractivity contribution in [1.29, 1.82) is 0 Å². The monoisotopic (exact) mass is 524 g/mol. The van der Waals surface area contributed by atoms with Crippen LogP contribution >= 0.6 is 0 Å². The van der Waals surface area contributed by atoms with Crippen molar-refractivity contribution in [1.82, 2.24) is 4.90 Å². The second-order valence-corrected chi connectivity index (χ2v) is 9.28. The lowest BCUT2D eigenvalue weighted by molar-refractivity contribution is -0.179. The molecular formula is C24H21F9N2O. The highest BCUT2D eigenvalue weighted by Gasteiger charge is 2.66. The average molecular weight is 524 g/mol. The number of benzene rings is 2. The van der Waals surface area contributed by atoms with Gasteiger partial charge in [-0.2, -0.15) is 39.5 Å². The molecule has 1 aliphatic carbocycles. The van der Waals surface area contributed by atoms with Crippen LogP contribution < -0.4 is 5.32 Å². The number of nitrogens with one attached hydrogen (secondary N) is 1. The van der Waals surface area contributed by atoms with Gasteiger partial charge in [-0.1, -0.05) is 36.8 Å². The van der Waals surface area contributed by atoms with Gasteiger partial charge in [-0.15, -0.1) is 0 Å². The summed E-state index contributed by atoms with van der Waals surface area (Å²) in [6.07, 6.45) is -14.7. The molecule has 2 amide bonds. The van der Waals surface area contributed by atoms with Crippen LogP contribution in [0.25, 0.3) is 0 Å². The minimum Gasteiger partial charge on any atom is -0.314 e. The Morgan fingerprint density at radius 2 is 1.39 bits per heavy atom. The van der Waals surface area contributed by atoms with Gasteiger partial charge in [-0.05, 0) is 48.4 Å². The molecule has 1 N–H and O–H groups in total. The Morgan fingerprint density at radius 1 is 0.833 bits per heavy atom. The molecule has 2 fully saturated rings. The standard InChI is InChI=1S/C24H21F9N2O/c25-22(26,27)14-21(15-5-2-1-3-6-15)20(7-4-8-20)9-10-35(21)19(36)34-18-12-16(23(28,29)30)11-17(13-18)24(31,32)33/h1-3,5-6,11-13H,4,7-10,14H2,(H,34,36)/t21-/m1/s1. The van der Waals surface area contributed by atoms with Crippen LogP contribution in [0, 0.1) is 5.41 Å². The van der Waals surface area contributed by atoms with Crippen molar-refractivity contribution in [2.24, 2.45) is 5.41 Å². The average Bonchev–Trinajstić information content (AvgIpc) is 3.07. The zero-order valence-electron chi connectivity index (χ0n) is 18.6. The van der Waals surface area contributed by atoms with Gasteiger partial charge in [-0.3, -0.25) is 0 Å². The molecule has 0 aromatic heterocycles. The number of carbonyl (C=O) groups is 1. The molecule has 0 bridgehead atoms. The Hall–Kier alpha value is -2.92. The van der Waals surface area contributed by atoms with E-state index in [9.17, 15) is 44.3 Å². The summed E-state index contributed by atoms with van der Waals surface area (Å²) in [7, 11) is 0. The van der Waals surface area contributed by atoms with Gasteiger partial charge in [-0.25, -0.2) is 4.79 Å². The molecule has 0 radical (unpaired) electrons. The van der Waals surface area contributed by atoms with E-state index in [4.69, 9.17) is 0 Å². The molecule has 196 valence electrons. The van der Waals surface area contributed by atoms with Crippen LogP contribution in [0.15, 0.2) is 48.5 Å². The number of carbonyl (C=O) groups excluding carboxylic acids is 1. The van der Waals surface area contributed by atoms with E-state index in [1.165, 1.54) is 24.3 Å². The third-order valence-electron chi connectivity index (χ3n) is 7.25. The van der Waals surface area contributed by atoms with E-state index >= 15 is 0 Å². The minimum absolute atomic E-state index is 0.0905. The molecule has 1 atom stereocenters. The first-order valence-electron chi connectivity index (χ1n) is 11.1. The van der Waals surface area contributed by atoms with Crippen molar-refractivity contribution in [3.05, 3.63) is 65.2 Å². The zero-order chi connectivity index (χ0) is 26.6. The van der Waals surface area contributed by atoms with Crippen LogP contribution in [0.3, 0.4) is 0 Å². The molecular weight excluding hydrogens is 503 g/mol. The Bertz CT molecular complexity index is 1090. The lowest BCUT2D eigenvalue weighted by atomic mass is 9.54. The van der Waals surface area contributed by atoms with E-state index in [0.29, 0.717) is 31.4 Å². The van der Waals surface area contributed by atoms with Crippen molar-refractivity contribution in [2.45, 2.75) is 56.2 Å². The number of hydrogen-bond acceptors (Lipinski definition) is 1. The number of anilines is 1. The first-order valence-corrected chi connectivity index (χ1v) is 11.1. The van der Waals surface area contributed by atoms with Gasteiger partial charge in [0.2, 0.25) is 0 Å². The van der Waals surface area contributed by atoms with E-state index in [1.54, 1.807) is 6.07 Å². The minimum atomic E-state index is -5.14. The number of alkyl halides is 9. The van der Waals surface area contributed by atoms with Gasteiger partial charge in [0, 0.05) is 12.2 Å². The molecule has 1 heterocycles. The molecule has 1 spiro atoms. The fraction of sp³-hybridized carbons (Fsp3) is 0.458. The third-order valence-corrected chi connectivity index (χ3v) is 7.25. The van der Waals surface area contributed by atoms with Crippen molar-refractivity contribution >= 4 is 11.7 Å². The number of halogens is 9. The summed E-state index contributed by atoms with van der Waals surface area (Å²) >= 11 is 0. The van der Waals surface area contributed by atoms with Gasteiger partial charge >= 0.3 is 24.6 Å². The van der Waals surface area contributed by atoms with Crippen LogP contribution in [-0.4, -0.2) is 23.7 Å². The van der Waals surface area contributed by atoms with E-state index in [1.807, 2.05) is 5.32 Å². The summed E-state index contributed by atoms with van der Waals surface area (Å²) < 4.78 is 121. The van der Waals surface area contributed by atoms with E-state index in [-0.39, 0.29) is 24.6 Å². The molecule has 2 aromatic rings. The fourth-order valence-corrected chi connectivity index (χ4v) is 5.62. The normalized spacial score (nSPS) is 22.0. The van der Waals surface area contributed by atoms with Crippen LogP contribution in [0.1, 0.15) is 48.8 Å². The predicted octanol–water partition coefficient (Wildman–Crippen LogP) is 7.98. The second kappa shape index (κ2) is 8.58. The lowest BCUT2D eigenvalue weighted by Crippen LogP contribution is -2.58. The molecule has 12 heteroatoms. The SMILES string of the molecule is O=C(Nc1cc(C(F)(F)F)cc(C(F)(F)F)c1)N1CCC2(CCC2)[C@@]1(CC(F)(F)F)c1ccccc1. The molecule has 1 saturated heterocycles. The number of rotatable bonds is 3. The van der Waals surface area contributed by atoms with Crippen molar-refractivity contribution in [3.8, 4) is 0 Å². The maximum absolute atomic E-state index is 14.0. The van der Waals surface area contributed by atoms with Crippen molar-refractivity contribution in [3.63, 3.8) is 0 Å². The van der Waals surface area contributed by atoms with E-state index < -0.39 is 58.7 Å². The largest absolute Gasteiger partial charge is 0.416 e. The highest BCUT2D eigenvalue weighted by molar-refractivity contribution is 5.90. The molecule has 36 heavy (non-hydrogen) atoms. The summed E-state index contributed by atoms with van der Waals surface area (Å²) in [6, 6.07) is 6.94. The number of urea groups is 1. The summed E-state index contributed by atoms with van der Waals surface area (Å²) in [6.45, 7) is -0.137. The van der Waals surface area contributed by atoms with E-state index in [2.05, 4.69) is 0 Å². The fourth-order valence-electron chi connectivity index (χ4n) is 5.62. The maximum Gasteiger partial charge on any atom is 0.416 e. The number of nitrogens with zero attached hydrogens (tertiary/aromatic N) is 1. The number of likely N-dealkylation sites (tertiary alicyclic amines) is 1. The highest BCUT2D eigenvalue weighted by Crippen LogP contribution is 2.65. The molecule has 4 rings (SSSR count). The number of hydrogen-bond donors (Lipinski definition) is 1. The van der Waals surface area contributed by atoms with Gasteiger partial charge < -0.3 is 10.2 Å². The maximum atomic E-state index is 14.0. The van der Waals surface area contributed by atoms with Crippen molar-refractivity contribution < 1.29 is 44.3 Å². The van der Waals surface area contributed by atoms with Gasteiger partial charge in [0.05, 0.1) is 23.1 Å². The molecule has 2 aromatic carbocycles. The summed E-state index contributed by atoms with van der Waals surface area (Å²) in [5.41, 5.74) is -6.65. The molecule has 1 aliphatic heterocycles. The quantitative estimate of drug-likeness (QED) is 0.406. The van der Waals surface area contributed by atoms with Crippen LogP contribution in [0.2, 0.25) is 0 Å². The lowest BCUT2D eigenvalue weighted by Gasteiger charge is -2.55. The first-order chi connectivity index (χ1) is 16.6. The summed E-state index contributed by atoms with van der Waals surface area (Å²) in [4.78, 5) is 14.3. The molecule has 2 aliphatic rings. The van der Waals surface area contributed by atoms with Gasteiger partial charge in [0.1, 0.15) is 0 Å². The third kappa shape index (κ3) is 4.61. The Kier molecular flexibility index (Phi) is 6.24. The molecule has 3 nitrogen and oxygen atoms in total. The van der Waals surface area contributed by atoms with Crippen LogP contribution in [-0.2, 0) is 17.9 Å². The smallest absolute Gasteiger partial charge is 0.314 e. The summed E-state index contributed by atoms with van der Waals surface area (Å²) in [5, 5.41) is 2.02. The van der Waals surface area contributed by atoms with Crippen LogP contribution in [0.4, 0.5) is 50.0 Å². The van der Waals surface area contributed by atoms with Crippen LogP contribution in [0.5, 0.6) is 0 Å². The Labute approximate surface area is 200 Å². The Balaban J connectivity index is 1.78. The van der Waals surface area contributed by atoms with Gasteiger partial charge in [0.15, 0.2) is 0 Å². The zero-order valence-corrected chi connectivity index (χ0v) is 18.6. The molecule has 1 saturated carbocycles. The second-order valence-electron chi connectivity index (χ2n) is 9.28. The van der Waals surface area contributed by atoms with E-state index in [0.717, 1.165) is 4.90 Å².